The highest BCUT2D eigenvalue weighted by Gasteiger charge is 2.18. The van der Waals surface area contributed by atoms with Crippen molar-refractivity contribution in [3.8, 4) is 16.9 Å². The standard InChI is InChI=1S/C27H25Cl2N3O/c1-17-4-10-23(11-5-17)32-26(16-25(31-32)21-7-6-18(2)19(3)14-21)27(33)30-13-12-20-8-9-22(28)15-24(20)29/h4-11,14-16H,12-13H2,1-3H3,(H,30,33). The first-order valence-corrected chi connectivity index (χ1v) is 11.5. The first kappa shape index (κ1) is 23.1. The highest BCUT2D eigenvalue weighted by atomic mass is 35.5. The maximum Gasteiger partial charge on any atom is 0.270 e. The van der Waals surface area contributed by atoms with Gasteiger partial charge in [0, 0.05) is 22.2 Å². The van der Waals surface area contributed by atoms with Crippen LogP contribution in [0.2, 0.25) is 10.0 Å². The molecule has 0 aliphatic carbocycles. The summed E-state index contributed by atoms with van der Waals surface area (Å²) >= 11 is 12.2. The van der Waals surface area contributed by atoms with E-state index in [1.54, 1.807) is 16.8 Å². The predicted octanol–water partition coefficient (Wildman–Crippen LogP) is 6.74. The van der Waals surface area contributed by atoms with Crippen molar-refractivity contribution in [1.82, 2.24) is 15.1 Å². The molecule has 1 amide bonds. The van der Waals surface area contributed by atoms with E-state index in [0.29, 0.717) is 28.7 Å². The van der Waals surface area contributed by atoms with Gasteiger partial charge in [-0.05, 0) is 80.3 Å². The lowest BCUT2D eigenvalue weighted by Gasteiger charge is -2.09. The van der Waals surface area contributed by atoms with Crippen LogP contribution in [0.5, 0.6) is 0 Å². The number of benzene rings is 3. The third-order valence-electron chi connectivity index (χ3n) is 5.72. The Balaban J connectivity index is 1.61. The second kappa shape index (κ2) is 9.82. The SMILES string of the molecule is Cc1ccc(-n2nc(-c3ccc(C)c(C)c3)cc2C(=O)NCCc2ccc(Cl)cc2Cl)cc1. The van der Waals surface area contributed by atoms with Crippen LogP contribution in [0.25, 0.3) is 16.9 Å². The Labute approximate surface area is 204 Å². The number of carbonyl (C=O) groups excluding carboxylic acids is 1. The molecule has 33 heavy (non-hydrogen) atoms. The number of hydrogen-bond acceptors (Lipinski definition) is 2. The van der Waals surface area contributed by atoms with E-state index >= 15 is 0 Å². The summed E-state index contributed by atoms with van der Waals surface area (Å²) in [6.07, 6.45) is 0.602. The molecule has 6 heteroatoms. The number of rotatable bonds is 6. The molecule has 0 saturated heterocycles. The molecule has 0 unspecified atom stereocenters. The van der Waals surface area contributed by atoms with Crippen LogP contribution >= 0.6 is 23.2 Å². The van der Waals surface area contributed by atoms with Crippen LogP contribution in [-0.4, -0.2) is 22.2 Å². The molecular formula is C27H25Cl2N3O. The van der Waals surface area contributed by atoms with Gasteiger partial charge in [0.25, 0.3) is 5.91 Å². The quantitative estimate of drug-likeness (QED) is 0.334. The van der Waals surface area contributed by atoms with Gasteiger partial charge in [-0.1, -0.05) is 59.1 Å². The first-order chi connectivity index (χ1) is 15.8. The maximum absolute atomic E-state index is 13.2. The molecule has 0 spiro atoms. The summed E-state index contributed by atoms with van der Waals surface area (Å²) in [5, 5.41) is 8.97. The van der Waals surface area contributed by atoms with E-state index in [4.69, 9.17) is 28.3 Å². The smallest absolute Gasteiger partial charge is 0.270 e. The fourth-order valence-corrected chi connectivity index (χ4v) is 4.10. The Kier molecular flexibility index (Phi) is 6.87. The number of nitrogens with zero attached hydrogens (tertiary/aromatic N) is 2. The molecule has 168 valence electrons. The van der Waals surface area contributed by atoms with Crippen molar-refractivity contribution < 1.29 is 4.79 Å². The van der Waals surface area contributed by atoms with Crippen molar-refractivity contribution in [3.05, 3.63) is 105 Å². The van der Waals surface area contributed by atoms with E-state index in [1.165, 1.54) is 11.1 Å². The number of aryl methyl sites for hydroxylation is 3. The van der Waals surface area contributed by atoms with E-state index in [0.717, 1.165) is 28.1 Å². The molecule has 4 nitrogen and oxygen atoms in total. The van der Waals surface area contributed by atoms with E-state index in [2.05, 4.69) is 31.3 Å². The summed E-state index contributed by atoms with van der Waals surface area (Å²) in [5.74, 6) is -0.191. The van der Waals surface area contributed by atoms with E-state index < -0.39 is 0 Å². The van der Waals surface area contributed by atoms with E-state index in [9.17, 15) is 4.79 Å². The molecule has 4 rings (SSSR count). The third kappa shape index (κ3) is 5.29. The van der Waals surface area contributed by atoms with Gasteiger partial charge < -0.3 is 5.32 Å². The zero-order valence-corrected chi connectivity index (χ0v) is 20.3. The lowest BCUT2D eigenvalue weighted by Crippen LogP contribution is -2.27. The Morgan fingerprint density at radius 2 is 1.67 bits per heavy atom. The summed E-state index contributed by atoms with van der Waals surface area (Å²) in [6.45, 7) is 6.63. The fraction of sp³-hybridized carbons (Fsp3) is 0.185. The lowest BCUT2D eigenvalue weighted by atomic mass is 10.0. The number of carbonyl (C=O) groups is 1. The molecule has 0 bridgehead atoms. The molecule has 0 aliphatic rings. The van der Waals surface area contributed by atoms with Gasteiger partial charge in [0.05, 0.1) is 11.4 Å². The third-order valence-corrected chi connectivity index (χ3v) is 6.31. The molecule has 1 N–H and O–H groups in total. The predicted molar refractivity (Wildman–Crippen MR) is 136 cm³/mol. The second-order valence-electron chi connectivity index (χ2n) is 8.20. The largest absolute Gasteiger partial charge is 0.350 e. The number of amides is 1. The molecule has 0 saturated carbocycles. The molecule has 0 aliphatic heterocycles. The van der Waals surface area contributed by atoms with Crippen LogP contribution in [0.4, 0.5) is 0 Å². The maximum atomic E-state index is 13.2. The summed E-state index contributed by atoms with van der Waals surface area (Å²) in [7, 11) is 0. The Bertz CT molecular complexity index is 1310. The molecular weight excluding hydrogens is 453 g/mol. The topological polar surface area (TPSA) is 46.9 Å². The van der Waals surface area contributed by atoms with Crippen molar-refractivity contribution in [1.29, 1.82) is 0 Å². The zero-order valence-electron chi connectivity index (χ0n) is 18.8. The molecule has 4 aromatic rings. The van der Waals surface area contributed by atoms with Crippen molar-refractivity contribution in [2.24, 2.45) is 0 Å². The minimum Gasteiger partial charge on any atom is -0.350 e. The summed E-state index contributed by atoms with van der Waals surface area (Å²) in [6, 6.07) is 21.4. The minimum atomic E-state index is -0.191. The molecule has 1 heterocycles. The highest BCUT2D eigenvalue weighted by molar-refractivity contribution is 6.35. The molecule has 3 aromatic carbocycles. The van der Waals surface area contributed by atoms with Crippen LogP contribution in [0.15, 0.2) is 66.7 Å². The normalized spacial score (nSPS) is 10.9. The van der Waals surface area contributed by atoms with Crippen LogP contribution < -0.4 is 5.32 Å². The van der Waals surface area contributed by atoms with Gasteiger partial charge in [0.2, 0.25) is 0 Å². The first-order valence-electron chi connectivity index (χ1n) is 10.8. The Morgan fingerprint density at radius 3 is 2.36 bits per heavy atom. The lowest BCUT2D eigenvalue weighted by molar-refractivity contribution is 0.0946. The monoisotopic (exact) mass is 477 g/mol. The van der Waals surface area contributed by atoms with Gasteiger partial charge >= 0.3 is 0 Å². The number of aromatic nitrogens is 2. The van der Waals surface area contributed by atoms with Crippen molar-refractivity contribution in [3.63, 3.8) is 0 Å². The molecule has 1 aromatic heterocycles. The Morgan fingerprint density at radius 1 is 0.909 bits per heavy atom. The van der Waals surface area contributed by atoms with Gasteiger partial charge in [-0.15, -0.1) is 0 Å². The number of halogens is 2. The zero-order chi connectivity index (χ0) is 23.5. The highest BCUT2D eigenvalue weighted by Crippen LogP contribution is 2.25. The van der Waals surface area contributed by atoms with Gasteiger partial charge in [-0.3, -0.25) is 4.79 Å². The second-order valence-corrected chi connectivity index (χ2v) is 9.05. The van der Waals surface area contributed by atoms with E-state index in [-0.39, 0.29) is 5.91 Å². The van der Waals surface area contributed by atoms with Crippen LogP contribution in [0, 0.1) is 20.8 Å². The summed E-state index contributed by atoms with van der Waals surface area (Å²) < 4.78 is 1.70. The molecule has 0 fully saturated rings. The van der Waals surface area contributed by atoms with E-state index in [1.807, 2.05) is 49.4 Å². The number of nitrogens with one attached hydrogen (secondary N) is 1. The van der Waals surface area contributed by atoms with Gasteiger partial charge in [0.1, 0.15) is 5.69 Å². The van der Waals surface area contributed by atoms with Crippen LogP contribution in [0.3, 0.4) is 0 Å². The summed E-state index contributed by atoms with van der Waals surface area (Å²) in [5.41, 5.74) is 7.53. The molecule has 0 atom stereocenters. The fourth-order valence-electron chi connectivity index (χ4n) is 3.59. The van der Waals surface area contributed by atoms with Crippen LogP contribution in [-0.2, 0) is 6.42 Å². The summed E-state index contributed by atoms with van der Waals surface area (Å²) in [4.78, 5) is 13.2. The average Bonchev–Trinajstić information content (AvgIpc) is 3.23. The van der Waals surface area contributed by atoms with Gasteiger partial charge in [-0.25, -0.2) is 4.68 Å². The van der Waals surface area contributed by atoms with Gasteiger partial charge in [0.15, 0.2) is 0 Å². The van der Waals surface area contributed by atoms with Crippen LogP contribution in [0.1, 0.15) is 32.7 Å². The number of hydrogen-bond donors (Lipinski definition) is 1. The van der Waals surface area contributed by atoms with Crippen molar-refractivity contribution in [2.45, 2.75) is 27.2 Å². The van der Waals surface area contributed by atoms with Gasteiger partial charge in [-0.2, -0.15) is 5.10 Å². The molecule has 0 radical (unpaired) electrons. The average molecular weight is 478 g/mol. The van der Waals surface area contributed by atoms with Crippen molar-refractivity contribution in [2.75, 3.05) is 6.54 Å². The minimum absolute atomic E-state index is 0.191. The van der Waals surface area contributed by atoms with Crippen molar-refractivity contribution >= 4 is 29.1 Å². The Hall–Kier alpha value is -3.08.